The van der Waals surface area contributed by atoms with Crippen molar-refractivity contribution in [2.75, 3.05) is 0 Å². The summed E-state index contributed by atoms with van der Waals surface area (Å²) in [6.45, 7) is 1.84. The third kappa shape index (κ3) is 2.41. The average molecular weight is 271 g/mol. The van der Waals surface area contributed by atoms with Crippen molar-refractivity contribution in [3.8, 4) is 0 Å². The zero-order valence-corrected chi connectivity index (χ0v) is 10.6. The maximum Gasteiger partial charge on any atom is 0.126 e. The molecule has 0 aliphatic heterocycles. The molecule has 1 aliphatic carbocycles. The molecule has 0 bridgehead atoms. The summed E-state index contributed by atoms with van der Waals surface area (Å²) in [7, 11) is 0. The summed E-state index contributed by atoms with van der Waals surface area (Å²) in [5.74, 6) is 0.471. The molecule has 2 unspecified atom stereocenters. The monoisotopic (exact) mass is 270 g/mol. The summed E-state index contributed by atoms with van der Waals surface area (Å²) in [6, 6.07) is 5.53. The summed E-state index contributed by atoms with van der Waals surface area (Å²) in [4.78, 5) is 0.566. The van der Waals surface area contributed by atoms with Crippen LogP contribution < -0.4 is 0 Å². The van der Waals surface area contributed by atoms with E-state index in [1.807, 2.05) is 19.1 Å². The van der Waals surface area contributed by atoms with E-state index in [1.54, 1.807) is 6.07 Å². The lowest BCUT2D eigenvalue weighted by Crippen LogP contribution is -2.17. The minimum absolute atomic E-state index is 0.0966. The Morgan fingerprint density at radius 2 is 2.00 bits per heavy atom. The molecule has 0 nitrogen and oxygen atoms in total. The van der Waals surface area contributed by atoms with Crippen molar-refractivity contribution >= 4 is 15.9 Å². The lowest BCUT2D eigenvalue weighted by Gasteiger charge is -2.28. The molecule has 1 fully saturated rings. The van der Waals surface area contributed by atoms with Gasteiger partial charge < -0.3 is 0 Å². The van der Waals surface area contributed by atoms with Crippen molar-refractivity contribution in [1.82, 2.24) is 0 Å². The Hall–Kier alpha value is -0.370. The highest BCUT2D eigenvalue weighted by Crippen LogP contribution is 2.37. The molecule has 0 amide bonds. The van der Waals surface area contributed by atoms with Crippen LogP contribution in [-0.4, -0.2) is 4.83 Å². The second kappa shape index (κ2) is 4.65. The van der Waals surface area contributed by atoms with Gasteiger partial charge in [-0.15, -0.1) is 0 Å². The molecule has 0 radical (unpaired) electrons. The van der Waals surface area contributed by atoms with E-state index in [1.165, 1.54) is 31.2 Å². The topological polar surface area (TPSA) is 0 Å². The lowest BCUT2D eigenvalue weighted by atomic mass is 9.83. The fourth-order valence-electron chi connectivity index (χ4n) is 2.36. The zero-order valence-electron chi connectivity index (χ0n) is 8.97. The molecule has 2 atom stereocenters. The van der Waals surface area contributed by atoms with Gasteiger partial charge in [-0.1, -0.05) is 40.9 Å². The van der Waals surface area contributed by atoms with E-state index in [4.69, 9.17) is 0 Å². The molecule has 1 aliphatic rings. The van der Waals surface area contributed by atoms with Crippen molar-refractivity contribution in [3.05, 3.63) is 35.1 Å². The van der Waals surface area contributed by atoms with Crippen LogP contribution in [0.3, 0.4) is 0 Å². The Labute approximate surface area is 99.0 Å². The highest BCUT2D eigenvalue weighted by molar-refractivity contribution is 9.09. The minimum atomic E-state index is -0.0966. The van der Waals surface area contributed by atoms with Crippen LogP contribution in [0, 0.1) is 12.7 Å². The minimum Gasteiger partial charge on any atom is -0.207 e. The molecule has 0 saturated heterocycles. The Morgan fingerprint density at radius 1 is 1.27 bits per heavy atom. The second-order valence-electron chi connectivity index (χ2n) is 4.42. The Kier molecular flexibility index (Phi) is 3.45. The van der Waals surface area contributed by atoms with E-state index in [-0.39, 0.29) is 5.82 Å². The van der Waals surface area contributed by atoms with E-state index < -0.39 is 0 Å². The van der Waals surface area contributed by atoms with Crippen molar-refractivity contribution in [2.24, 2.45) is 0 Å². The molecule has 82 valence electrons. The molecule has 0 aromatic heterocycles. The number of alkyl halides is 1. The van der Waals surface area contributed by atoms with Crippen LogP contribution in [0.15, 0.2) is 18.2 Å². The van der Waals surface area contributed by atoms with Gasteiger partial charge in [0, 0.05) is 4.83 Å². The largest absolute Gasteiger partial charge is 0.207 e. The van der Waals surface area contributed by atoms with Gasteiger partial charge >= 0.3 is 0 Å². The predicted octanol–water partition coefficient (Wildman–Crippen LogP) is 4.56. The van der Waals surface area contributed by atoms with Crippen LogP contribution in [0.25, 0.3) is 0 Å². The van der Waals surface area contributed by atoms with Crippen LogP contribution in [0.5, 0.6) is 0 Å². The third-order valence-corrected chi connectivity index (χ3v) is 4.39. The van der Waals surface area contributed by atoms with Crippen LogP contribution in [-0.2, 0) is 0 Å². The van der Waals surface area contributed by atoms with Gasteiger partial charge in [0.25, 0.3) is 0 Å². The van der Waals surface area contributed by atoms with Crippen molar-refractivity contribution in [1.29, 1.82) is 0 Å². The van der Waals surface area contributed by atoms with Crippen molar-refractivity contribution in [3.63, 3.8) is 0 Å². The number of halogens is 2. The normalized spacial score (nSPS) is 26.6. The maximum absolute atomic E-state index is 13.2. The van der Waals surface area contributed by atoms with Gasteiger partial charge in [0.2, 0.25) is 0 Å². The first-order chi connectivity index (χ1) is 7.18. The standard InChI is InChI=1S/C13H16BrF/c1-9-8-10(6-7-13(9)15)11-4-2-3-5-12(11)14/h6-8,11-12H,2-5H2,1H3. The number of rotatable bonds is 1. The molecule has 1 aromatic rings. The van der Waals surface area contributed by atoms with E-state index in [9.17, 15) is 4.39 Å². The third-order valence-electron chi connectivity index (χ3n) is 3.29. The Bertz CT molecular complexity index is 348. The van der Waals surface area contributed by atoms with Crippen LogP contribution in [0.2, 0.25) is 0 Å². The van der Waals surface area contributed by atoms with E-state index in [0.717, 1.165) is 5.56 Å². The summed E-state index contributed by atoms with van der Waals surface area (Å²) >= 11 is 3.74. The fourth-order valence-corrected chi connectivity index (χ4v) is 3.25. The molecule has 0 spiro atoms. The fraction of sp³-hybridized carbons (Fsp3) is 0.538. The van der Waals surface area contributed by atoms with Gasteiger partial charge in [-0.05, 0) is 42.9 Å². The Morgan fingerprint density at radius 3 is 2.67 bits per heavy atom. The van der Waals surface area contributed by atoms with Gasteiger partial charge in [-0.2, -0.15) is 0 Å². The summed E-state index contributed by atoms with van der Waals surface area (Å²) < 4.78 is 13.2. The summed E-state index contributed by atoms with van der Waals surface area (Å²) in [6.07, 6.45) is 5.07. The maximum atomic E-state index is 13.2. The molecule has 15 heavy (non-hydrogen) atoms. The molecule has 0 N–H and O–H groups in total. The summed E-state index contributed by atoms with van der Waals surface area (Å²) in [5, 5.41) is 0. The van der Waals surface area contributed by atoms with E-state index >= 15 is 0 Å². The number of benzene rings is 1. The van der Waals surface area contributed by atoms with E-state index in [0.29, 0.717) is 10.7 Å². The molecular weight excluding hydrogens is 255 g/mol. The van der Waals surface area contributed by atoms with Gasteiger partial charge in [0.1, 0.15) is 5.82 Å². The van der Waals surface area contributed by atoms with Gasteiger partial charge in [-0.3, -0.25) is 0 Å². The first-order valence-corrected chi connectivity index (χ1v) is 6.50. The van der Waals surface area contributed by atoms with Crippen LogP contribution in [0.1, 0.15) is 42.7 Å². The number of aryl methyl sites for hydroxylation is 1. The van der Waals surface area contributed by atoms with Crippen molar-refractivity contribution < 1.29 is 4.39 Å². The highest BCUT2D eigenvalue weighted by Gasteiger charge is 2.24. The van der Waals surface area contributed by atoms with E-state index in [2.05, 4.69) is 15.9 Å². The molecular formula is C13H16BrF. The first kappa shape index (κ1) is 11.1. The smallest absolute Gasteiger partial charge is 0.126 e. The predicted molar refractivity (Wildman–Crippen MR) is 65.1 cm³/mol. The molecule has 2 heteroatoms. The lowest BCUT2D eigenvalue weighted by molar-refractivity contribution is 0.460. The highest BCUT2D eigenvalue weighted by atomic mass is 79.9. The molecule has 2 rings (SSSR count). The van der Waals surface area contributed by atoms with Crippen LogP contribution >= 0.6 is 15.9 Å². The van der Waals surface area contributed by atoms with Gasteiger partial charge in [0.05, 0.1) is 0 Å². The van der Waals surface area contributed by atoms with Gasteiger partial charge in [0.15, 0.2) is 0 Å². The molecule has 1 saturated carbocycles. The molecule has 0 heterocycles. The average Bonchev–Trinajstić information content (AvgIpc) is 2.23. The number of hydrogen-bond donors (Lipinski definition) is 0. The first-order valence-electron chi connectivity index (χ1n) is 5.58. The van der Waals surface area contributed by atoms with Crippen molar-refractivity contribution in [2.45, 2.75) is 43.4 Å². The molecule has 1 aromatic carbocycles. The number of hydrogen-bond acceptors (Lipinski definition) is 0. The van der Waals surface area contributed by atoms with Gasteiger partial charge in [-0.25, -0.2) is 4.39 Å². The Balaban J connectivity index is 2.24. The zero-order chi connectivity index (χ0) is 10.8. The quantitative estimate of drug-likeness (QED) is 0.657. The van der Waals surface area contributed by atoms with Crippen LogP contribution in [0.4, 0.5) is 4.39 Å². The second-order valence-corrected chi connectivity index (χ2v) is 5.59. The summed E-state index contributed by atoms with van der Waals surface area (Å²) in [5.41, 5.74) is 2.05. The SMILES string of the molecule is Cc1cc(C2CCCCC2Br)ccc1F.